The fraction of sp³-hybridized carbons (Fsp3) is 0.692. The summed E-state index contributed by atoms with van der Waals surface area (Å²) >= 11 is 1.27. The summed E-state index contributed by atoms with van der Waals surface area (Å²) in [7, 11) is -2.59. The Bertz CT molecular complexity index is 993. The maximum absolute atomic E-state index is 14.1. The number of aromatic carboxylic acids is 1. The lowest BCUT2D eigenvalue weighted by Crippen LogP contribution is -2.48. The summed E-state index contributed by atoms with van der Waals surface area (Å²) in [6.45, 7) is 13.7. The van der Waals surface area contributed by atoms with E-state index in [-0.39, 0.29) is 40.2 Å². The van der Waals surface area contributed by atoms with Crippen molar-refractivity contribution in [3.8, 4) is 0 Å². The smallest absolute Gasteiger partial charge is 0.348 e. The molecule has 2 atom stereocenters. The minimum Gasteiger partial charge on any atom is -0.477 e. The van der Waals surface area contributed by atoms with Gasteiger partial charge in [-0.15, -0.1) is 11.3 Å². The molecule has 3 rings (SSSR count). The highest BCUT2D eigenvalue weighted by atomic mass is 32.1. The molecule has 1 aromatic heterocycles. The summed E-state index contributed by atoms with van der Waals surface area (Å²) in [6.07, 6.45) is 6.45. The number of carbonyl (C=O) groups is 2. The molecule has 0 bridgehead atoms. The number of rotatable bonds is 6. The third kappa shape index (κ3) is 6.41. The van der Waals surface area contributed by atoms with Gasteiger partial charge in [0.05, 0.1) is 11.8 Å². The number of hydrogen-bond donors (Lipinski definition) is 1. The van der Waals surface area contributed by atoms with E-state index in [1.165, 1.54) is 16.9 Å². The zero-order valence-corrected chi connectivity index (χ0v) is 23.3. The maximum Gasteiger partial charge on any atom is 0.348 e. The molecule has 1 fully saturated rings. The molecule has 0 aliphatic heterocycles. The van der Waals surface area contributed by atoms with Crippen LogP contribution in [0.1, 0.15) is 87.7 Å². The Labute approximate surface area is 208 Å². The van der Waals surface area contributed by atoms with Crippen LogP contribution in [0.15, 0.2) is 17.7 Å². The number of carboxylic acid groups (broad SMARTS) is 1. The van der Waals surface area contributed by atoms with Gasteiger partial charge in [-0.2, -0.15) is 0 Å². The van der Waals surface area contributed by atoms with Crippen LogP contribution in [0.2, 0.25) is 0 Å². The van der Waals surface area contributed by atoms with Crippen molar-refractivity contribution in [1.82, 2.24) is 0 Å². The van der Waals surface area contributed by atoms with Crippen LogP contribution in [0.3, 0.4) is 0 Å². The molecule has 0 radical (unpaired) electrons. The van der Waals surface area contributed by atoms with Gasteiger partial charge in [-0.25, -0.2) is 4.79 Å². The molecule has 1 heterocycles. The van der Waals surface area contributed by atoms with Crippen LogP contribution in [-0.4, -0.2) is 42.5 Å². The van der Waals surface area contributed by atoms with Gasteiger partial charge in [-0.3, -0.25) is 9.36 Å². The van der Waals surface area contributed by atoms with Gasteiger partial charge in [0, 0.05) is 30.2 Å². The first kappa shape index (κ1) is 27.2. The van der Waals surface area contributed by atoms with E-state index < -0.39 is 13.3 Å². The van der Waals surface area contributed by atoms with Gasteiger partial charge in [0.15, 0.2) is 7.37 Å². The predicted molar refractivity (Wildman–Crippen MR) is 140 cm³/mol. The largest absolute Gasteiger partial charge is 0.477 e. The molecule has 1 aromatic rings. The Morgan fingerprint density at radius 3 is 2.29 bits per heavy atom. The predicted octanol–water partition coefficient (Wildman–Crippen LogP) is 6.93. The van der Waals surface area contributed by atoms with Crippen LogP contribution in [0.5, 0.6) is 0 Å². The Morgan fingerprint density at radius 2 is 1.79 bits per heavy atom. The monoisotopic (exact) mass is 509 g/mol. The van der Waals surface area contributed by atoms with Gasteiger partial charge >= 0.3 is 5.97 Å². The third-order valence-corrected chi connectivity index (χ3v) is 9.27. The van der Waals surface area contributed by atoms with E-state index in [1.807, 2.05) is 11.0 Å². The molecule has 1 amide bonds. The van der Waals surface area contributed by atoms with Crippen LogP contribution >= 0.6 is 18.7 Å². The third-order valence-electron chi connectivity index (χ3n) is 6.92. The molecule has 8 heteroatoms. The number of carboxylic acids is 1. The highest BCUT2D eigenvalue weighted by molar-refractivity contribution is 7.57. The summed E-state index contributed by atoms with van der Waals surface area (Å²) in [5.41, 5.74) is 1.63. The van der Waals surface area contributed by atoms with Gasteiger partial charge in [0.25, 0.3) is 0 Å². The quantitative estimate of drug-likeness (QED) is 0.332. The Kier molecular flexibility index (Phi) is 8.21. The van der Waals surface area contributed by atoms with E-state index in [0.717, 1.165) is 11.3 Å². The van der Waals surface area contributed by atoms with E-state index in [9.17, 15) is 19.3 Å². The van der Waals surface area contributed by atoms with Crippen molar-refractivity contribution in [1.29, 1.82) is 0 Å². The standard InChI is InChI=1S/C26H40NO5PS/c1-16-8-13-20(17(2)14-16)24(28)27(18-9-11-19(12-10-18)32-33(6,7)31)21-15-22(26(3,4)5)34-23(21)25(29)30/h8,15,17-20H,9-14H2,1-7H3,(H,29,30)/t17-,18?,19?,20-/m0/s1. The van der Waals surface area contributed by atoms with Crippen LogP contribution in [0.4, 0.5) is 5.69 Å². The first-order valence-corrected chi connectivity index (χ1v) is 15.6. The average Bonchev–Trinajstić information content (AvgIpc) is 3.14. The first-order valence-electron chi connectivity index (χ1n) is 12.3. The van der Waals surface area contributed by atoms with E-state index in [2.05, 4.69) is 40.7 Å². The van der Waals surface area contributed by atoms with Crippen molar-refractivity contribution in [2.75, 3.05) is 18.2 Å². The Morgan fingerprint density at radius 1 is 1.18 bits per heavy atom. The van der Waals surface area contributed by atoms with Crippen molar-refractivity contribution in [3.05, 3.63) is 27.5 Å². The highest BCUT2D eigenvalue weighted by Gasteiger charge is 2.39. The summed E-state index contributed by atoms with van der Waals surface area (Å²) in [4.78, 5) is 29.4. The fourth-order valence-electron chi connectivity index (χ4n) is 5.16. The van der Waals surface area contributed by atoms with Gasteiger partial charge < -0.3 is 14.5 Å². The number of hydrogen-bond acceptors (Lipinski definition) is 5. The molecule has 2 aliphatic rings. The molecule has 0 saturated heterocycles. The minimum atomic E-state index is -2.59. The second-order valence-electron chi connectivity index (χ2n) is 11.5. The molecule has 34 heavy (non-hydrogen) atoms. The Balaban J connectivity index is 1.99. The van der Waals surface area contributed by atoms with Crippen LogP contribution in [0, 0.1) is 11.8 Å². The summed E-state index contributed by atoms with van der Waals surface area (Å²) < 4.78 is 17.9. The lowest BCUT2D eigenvalue weighted by molar-refractivity contribution is -0.124. The normalized spacial score (nSPS) is 26.1. The number of anilines is 1. The zero-order chi connectivity index (χ0) is 25.4. The summed E-state index contributed by atoms with van der Waals surface area (Å²) in [6, 6.07) is 1.83. The van der Waals surface area contributed by atoms with E-state index >= 15 is 0 Å². The minimum absolute atomic E-state index is 0.0260. The Hall–Kier alpha value is -1.43. The van der Waals surface area contributed by atoms with Gasteiger partial charge in [-0.1, -0.05) is 39.3 Å². The van der Waals surface area contributed by atoms with Gasteiger partial charge in [-0.05, 0) is 62.8 Å². The van der Waals surface area contributed by atoms with Crippen LogP contribution < -0.4 is 4.90 Å². The van der Waals surface area contributed by atoms with Crippen LogP contribution in [0.25, 0.3) is 0 Å². The van der Waals surface area contributed by atoms with Gasteiger partial charge in [0.2, 0.25) is 5.91 Å². The lowest BCUT2D eigenvalue weighted by Gasteiger charge is -2.40. The maximum atomic E-state index is 14.1. The average molecular weight is 510 g/mol. The van der Waals surface area contributed by atoms with Crippen molar-refractivity contribution < 1.29 is 23.8 Å². The zero-order valence-electron chi connectivity index (χ0n) is 21.6. The molecule has 190 valence electrons. The lowest BCUT2D eigenvalue weighted by atomic mass is 9.79. The number of amides is 1. The van der Waals surface area contributed by atoms with Gasteiger partial charge in [0.1, 0.15) is 4.88 Å². The molecule has 0 aromatic carbocycles. The second kappa shape index (κ2) is 10.3. The molecule has 2 aliphatic carbocycles. The number of nitrogens with zero attached hydrogens (tertiary/aromatic N) is 1. The van der Waals surface area contributed by atoms with E-state index in [0.29, 0.717) is 37.8 Å². The number of allylic oxidation sites excluding steroid dienone is 2. The molecule has 1 saturated carbocycles. The molecular weight excluding hydrogens is 469 g/mol. The second-order valence-corrected chi connectivity index (χ2v) is 15.2. The van der Waals surface area contributed by atoms with Crippen LogP contribution in [-0.2, 0) is 19.3 Å². The number of carbonyl (C=O) groups excluding carboxylic acids is 1. The molecule has 6 nitrogen and oxygen atoms in total. The molecule has 1 N–H and O–H groups in total. The molecule has 0 spiro atoms. The fourth-order valence-corrected chi connectivity index (χ4v) is 7.14. The summed E-state index contributed by atoms with van der Waals surface area (Å²) in [5.74, 6) is -0.919. The highest BCUT2D eigenvalue weighted by Crippen LogP contribution is 2.45. The van der Waals surface area contributed by atoms with Crippen molar-refractivity contribution >= 4 is 36.3 Å². The topological polar surface area (TPSA) is 83.9 Å². The van der Waals surface area contributed by atoms with Crippen molar-refractivity contribution in [2.24, 2.45) is 11.8 Å². The summed E-state index contributed by atoms with van der Waals surface area (Å²) in [5, 5.41) is 10.1. The molecular formula is C26H40NO5PS. The molecule has 0 unspecified atom stereocenters. The van der Waals surface area contributed by atoms with Crippen molar-refractivity contribution in [2.45, 2.75) is 90.7 Å². The van der Waals surface area contributed by atoms with E-state index in [4.69, 9.17) is 4.52 Å². The van der Waals surface area contributed by atoms with Crippen molar-refractivity contribution in [3.63, 3.8) is 0 Å². The number of thiophene rings is 1. The SMILES string of the molecule is CC1=CC[C@H](C(=O)N(c2cc(C(C)(C)C)sc2C(=O)O)C2CCC(OP(C)(C)=O)CC2)[C@@H](C)C1. The first-order chi connectivity index (χ1) is 15.7. The van der Waals surface area contributed by atoms with E-state index in [1.54, 1.807) is 13.3 Å².